The molecule has 7 nitrogen and oxygen atoms in total. The Morgan fingerprint density at radius 1 is 1.10 bits per heavy atom. The lowest BCUT2D eigenvalue weighted by molar-refractivity contribution is -0.150. The van der Waals surface area contributed by atoms with E-state index < -0.39 is 5.60 Å². The minimum absolute atomic E-state index is 0.0174. The number of nitrogens with zero attached hydrogens (tertiary/aromatic N) is 1. The van der Waals surface area contributed by atoms with Crippen LogP contribution in [0, 0.1) is 5.92 Å². The highest BCUT2D eigenvalue weighted by Gasteiger charge is 2.39. The monoisotopic (exact) mass is 411 g/mol. The molecule has 0 unspecified atom stereocenters. The van der Waals surface area contributed by atoms with Gasteiger partial charge in [0.15, 0.2) is 0 Å². The summed E-state index contributed by atoms with van der Waals surface area (Å²) in [6, 6.07) is -0.0811. The van der Waals surface area contributed by atoms with Gasteiger partial charge in [-0.3, -0.25) is 4.79 Å². The van der Waals surface area contributed by atoms with Crippen molar-refractivity contribution in [1.29, 1.82) is 0 Å². The molecule has 1 saturated heterocycles. The van der Waals surface area contributed by atoms with Crippen LogP contribution in [0.5, 0.6) is 0 Å². The summed E-state index contributed by atoms with van der Waals surface area (Å²) in [5.74, 6) is -0.115. The Morgan fingerprint density at radius 3 is 2.38 bits per heavy atom. The molecular formula is C22H37NO6. The maximum absolute atomic E-state index is 12.6. The average Bonchev–Trinajstić information content (AvgIpc) is 3.07. The van der Waals surface area contributed by atoms with E-state index in [0.717, 1.165) is 25.7 Å². The van der Waals surface area contributed by atoms with E-state index in [-0.39, 0.29) is 36.2 Å². The van der Waals surface area contributed by atoms with Crippen LogP contribution in [0.25, 0.3) is 0 Å². The Hall–Kier alpha value is -1.60. The summed E-state index contributed by atoms with van der Waals surface area (Å²) >= 11 is 0. The third-order valence-corrected chi connectivity index (χ3v) is 5.27. The molecule has 0 spiro atoms. The molecule has 2 aliphatic rings. The van der Waals surface area contributed by atoms with Gasteiger partial charge in [0.05, 0.1) is 50.5 Å². The molecular weight excluding hydrogens is 374 g/mol. The second-order valence-electron chi connectivity index (χ2n) is 8.83. The summed E-state index contributed by atoms with van der Waals surface area (Å²) in [7, 11) is 0. The van der Waals surface area contributed by atoms with Gasteiger partial charge in [0.1, 0.15) is 5.60 Å². The first kappa shape index (κ1) is 23.7. The summed E-state index contributed by atoms with van der Waals surface area (Å²) in [5, 5.41) is 0. The molecule has 7 heteroatoms. The second-order valence-corrected chi connectivity index (χ2v) is 8.83. The first-order chi connectivity index (χ1) is 13.7. The molecule has 1 amide bonds. The Balaban J connectivity index is 1.86. The molecule has 0 N–H and O–H groups in total. The topological polar surface area (TPSA) is 74.3 Å². The molecule has 2 rings (SSSR count). The molecule has 29 heavy (non-hydrogen) atoms. The number of carbonyl (C=O) groups excluding carboxylic acids is 2. The number of carbonyl (C=O) groups is 2. The van der Waals surface area contributed by atoms with Crippen LogP contribution < -0.4 is 0 Å². The molecule has 0 aromatic carbocycles. The summed E-state index contributed by atoms with van der Waals surface area (Å²) in [6.07, 6.45) is 5.39. The molecule has 2 atom stereocenters. The minimum atomic E-state index is -0.548. The summed E-state index contributed by atoms with van der Waals surface area (Å²) in [6.45, 7) is 12.9. The largest absolute Gasteiger partial charge is 0.466 e. The van der Waals surface area contributed by atoms with Crippen molar-refractivity contribution in [3.8, 4) is 0 Å². The van der Waals surface area contributed by atoms with Crippen molar-refractivity contribution in [2.45, 2.75) is 83.6 Å². The Labute approximate surface area is 174 Å². The van der Waals surface area contributed by atoms with Crippen LogP contribution in [0.2, 0.25) is 0 Å². The van der Waals surface area contributed by atoms with Gasteiger partial charge >= 0.3 is 12.1 Å². The van der Waals surface area contributed by atoms with Crippen molar-refractivity contribution < 1.29 is 28.5 Å². The van der Waals surface area contributed by atoms with Crippen molar-refractivity contribution in [3.63, 3.8) is 0 Å². The summed E-state index contributed by atoms with van der Waals surface area (Å²) < 4.78 is 22.6. The molecule has 0 radical (unpaired) electrons. The lowest BCUT2D eigenvalue weighted by Crippen LogP contribution is -2.42. The number of hydrogen-bond acceptors (Lipinski definition) is 6. The van der Waals surface area contributed by atoms with E-state index in [2.05, 4.69) is 6.58 Å². The van der Waals surface area contributed by atoms with Gasteiger partial charge in [-0.1, -0.05) is 6.08 Å². The zero-order valence-corrected chi connectivity index (χ0v) is 18.4. The third-order valence-electron chi connectivity index (χ3n) is 5.27. The smallest absolute Gasteiger partial charge is 0.410 e. The lowest BCUT2D eigenvalue weighted by atomic mass is 9.87. The van der Waals surface area contributed by atoms with E-state index in [4.69, 9.17) is 18.9 Å². The molecule has 1 heterocycles. The second kappa shape index (κ2) is 11.0. The predicted octanol–water partition coefficient (Wildman–Crippen LogP) is 3.71. The van der Waals surface area contributed by atoms with Crippen LogP contribution in [-0.2, 0) is 23.7 Å². The highest BCUT2D eigenvalue weighted by molar-refractivity contribution is 5.72. The number of rotatable bonds is 8. The van der Waals surface area contributed by atoms with Crippen LogP contribution >= 0.6 is 0 Å². The van der Waals surface area contributed by atoms with Crippen LogP contribution in [0.3, 0.4) is 0 Å². The van der Waals surface area contributed by atoms with Crippen molar-refractivity contribution in [2.75, 3.05) is 26.4 Å². The molecule has 1 saturated carbocycles. The average molecular weight is 412 g/mol. The van der Waals surface area contributed by atoms with Gasteiger partial charge in [0, 0.05) is 0 Å². The molecule has 166 valence electrons. The van der Waals surface area contributed by atoms with E-state index in [1.165, 1.54) is 0 Å². The van der Waals surface area contributed by atoms with Gasteiger partial charge in [-0.2, -0.15) is 0 Å². The van der Waals surface area contributed by atoms with E-state index in [1.807, 2.05) is 27.7 Å². The lowest BCUT2D eigenvalue weighted by Gasteiger charge is -2.31. The van der Waals surface area contributed by atoms with Crippen LogP contribution in [0.1, 0.15) is 59.8 Å². The van der Waals surface area contributed by atoms with Gasteiger partial charge in [0.2, 0.25) is 0 Å². The van der Waals surface area contributed by atoms with Crippen LogP contribution in [0.4, 0.5) is 4.79 Å². The van der Waals surface area contributed by atoms with E-state index in [1.54, 1.807) is 11.0 Å². The molecule has 1 aliphatic carbocycles. The zero-order valence-electron chi connectivity index (χ0n) is 18.4. The zero-order chi connectivity index (χ0) is 21.4. The molecule has 0 aromatic rings. The highest BCUT2D eigenvalue weighted by atomic mass is 16.6. The van der Waals surface area contributed by atoms with Crippen molar-refractivity contribution in [3.05, 3.63) is 12.7 Å². The maximum Gasteiger partial charge on any atom is 0.410 e. The standard InChI is InChI=1S/C22H37NO6/c1-6-12-27-19-13-17(23(14-19)21(25)29-22(3,4)5)15-28-18-10-8-16(9-11-18)20(24)26-7-2/h6,16-19H,1,7-15H2,2-5H3/t16-,17-,18-,19-/m0/s1. The number of likely N-dealkylation sites (tertiary alicyclic amines) is 1. The number of ether oxygens (including phenoxy) is 4. The van der Waals surface area contributed by atoms with Gasteiger partial charge in [-0.05, 0) is 59.8 Å². The van der Waals surface area contributed by atoms with Crippen molar-refractivity contribution >= 4 is 12.1 Å². The fraction of sp³-hybridized carbons (Fsp3) is 0.818. The third kappa shape index (κ3) is 7.63. The van der Waals surface area contributed by atoms with E-state index in [0.29, 0.717) is 32.8 Å². The SMILES string of the molecule is C=CCO[C@H]1C[C@@H](CO[C@H]2CC[C@H](C(=O)OCC)CC2)N(C(=O)OC(C)(C)C)C1. The van der Waals surface area contributed by atoms with Crippen LogP contribution in [0.15, 0.2) is 12.7 Å². The quantitative estimate of drug-likeness (QED) is 0.448. The first-order valence-corrected chi connectivity index (χ1v) is 10.7. The summed E-state index contributed by atoms with van der Waals surface area (Å²) in [5.41, 5.74) is -0.548. The minimum Gasteiger partial charge on any atom is -0.466 e. The van der Waals surface area contributed by atoms with E-state index in [9.17, 15) is 9.59 Å². The van der Waals surface area contributed by atoms with Gasteiger partial charge in [0.25, 0.3) is 0 Å². The van der Waals surface area contributed by atoms with Gasteiger partial charge in [-0.15, -0.1) is 6.58 Å². The number of esters is 1. The van der Waals surface area contributed by atoms with Gasteiger partial charge in [-0.25, -0.2) is 4.79 Å². The Kier molecular flexibility index (Phi) is 8.96. The van der Waals surface area contributed by atoms with Crippen molar-refractivity contribution in [2.24, 2.45) is 5.92 Å². The fourth-order valence-corrected chi connectivity index (χ4v) is 3.87. The number of amides is 1. The molecule has 0 aromatic heterocycles. The summed E-state index contributed by atoms with van der Waals surface area (Å²) in [4.78, 5) is 26.3. The van der Waals surface area contributed by atoms with Gasteiger partial charge < -0.3 is 23.8 Å². The molecule has 2 fully saturated rings. The maximum atomic E-state index is 12.6. The normalized spacial score (nSPS) is 27.5. The van der Waals surface area contributed by atoms with Crippen LogP contribution in [-0.4, -0.2) is 67.2 Å². The molecule has 0 bridgehead atoms. The number of hydrogen-bond donors (Lipinski definition) is 0. The van der Waals surface area contributed by atoms with Crippen molar-refractivity contribution in [1.82, 2.24) is 4.90 Å². The van der Waals surface area contributed by atoms with E-state index >= 15 is 0 Å². The first-order valence-electron chi connectivity index (χ1n) is 10.7. The Morgan fingerprint density at radius 2 is 1.79 bits per heavy atom. The fourth-order valence-electron chi connectivity index (χ4n) is 3.87. The highest BCUT2D eigenvalue weighted by Crippen LogP contribution is 2.29. The predicted molar refractivity (Wildman–Crippen MR) is 110 cm³/mol. The molecule has 1 aliphatic heterocycles. The Bertz CT molecular complexity index is 550.